The van der Waals surface area contributed by atoms with Gasteiger partial charge in [-0.2, -0.15) is 13.2 Å². The van der Waals surface area contributed by atoms with Crippen LogP contribution in [-0.2, 0) is 17.5 Å². The van der Waals surface area contributed by atoms with Gasteiger partial charge in [0.25, 0.3) is 0 Å². The smallest absolute Gasteiger partial charge is 0.350 e. The van der Waals surface area contributed by atoms with Crippen LogP contribution >= 0.6 is 11.3 Å². The summed E-state index contributed by atoms with van der Waals surface area (Å²) >= 11 is 1.32. The van der Waals surface area contributed by atoms with Crippen LogP contribution in [0.4, 0.5) is 13.2 Å². The van der Waals surface area contributed by atoms with Gasteiger partial charge in [0, 0.05) is 17.4 Å². The molecule has 0 saturated carbocycles. The summed E-state index contributed by atoms with van der Waals surface area (Å²) in [4.78, 5) is 15.8. The first-order valence-electron chi connectivity index (χ1n) is 6.99. The maximum absolute atomic E-state index is 12.5. The fourth-order valence-electron chi connectivity index (χ4n) is 1.86. The molecule has 1 aromatic carbocycles. The van der Waals surface area contributed by atoms with Gasteiger partial charge in [-0.15, -0.1) is 11.3 Å². The molecule has 23 heavy (non-hydrogen) atoms. The van der Waals surface area contributed by atoms with Gasteiger partial charge in [0.15, 0.2) is 0 Å². The van der Waals surface area contributed by atoms with E-state index in [1.165, 1.54) is 23.5 Å². The lowest BCUT2D eigenvalue weighted by atomic mass is 10.1. The number of halogens is 3. The SMILES string of the molecule is NCCCC(=O)NCc1csc(-c2ccc(C(F)(F)F)cc2)n1. The molecule has 0 atom stereocenters. The number of carbonyl (C=O) groups excluding carboxylic acids is 1. The Hall–Kier alpha value is -1.93. The standard InChI is InChI=1S/C15H16F3N3OS/c16-15(17,18)11-5-3-10(4-6-11)14-21-12(9-23-14)8-20-13(22)2-1-7-19/h3-6,9H,1-2,7-8,19H2,(H,20,22). The number of rotatable bonds is 6. The lowest BCUT2D eigenvalue weighted by molar-refractivity contribution is -0.137. The van der Waals surface area contributed by atoms with Gasteiger partial charge in [0.05, 0.1) is 17.8 Å². The van der Waals surface area contributed by atoms with Gasteiger partial charge in [-0.1, -0.05) is 12.1 Å². The number of hydrogen-bond acceptors (Lipinski definition) is 4. The molecule has 3 N–H and O–H groups in total. The first-order valence-corrected chi connectivity index (χ1v) is 7.87. The van der Waals surface area contributed by atoms with Gasteiger partial charge in [-0.25, -0.2) is 4.98 Å². The largest absolute Gasteiger partial charge is 0.416 e. The highest BCUT2D eigenvalue weighted by molar-refractivity contribution is 7.13. The average molecular weight is 343 g/mol. The summed E-state index contributed by atoms with van der Waals surface area (Å²) in [6.07, 6.45) is -3.35. The third-order valence-corrected chi connectivity index (χ3v) is 4.03. The Bertz CT molecular complexity index is 653. The molecule has 0 aliphatic heterocycles. The Morgan fingerprint density at radius 3 is 2.57 bits per heavy atom. The van der Waals surface area contributed by atoms with Crippen molar-refractivity contribution in [2.75, 3.05) is 6.54 Å². The summed E-state index contributed by atoms with van der Waals surface area (Å²) in [5.41, 5.74) is 5.93. The second-order valence-corrected chi connectivity index (χ2v) is 5.75. The number of thiazole rings is 1. The predicted octanol–water partition coefficient (Wildman–Crippen LogP) is 3.18. The molecule has 0 bridgehead atoms. The molecule has 0 spiro atoms. The van der Waals surface area contributed by atoms with E-state index >= 15 is 0 Å². The molecule has 1 heterocycles. The fraction of sp³-hybridized carbons (Fsp3) is 0.333. The molecule has 124 valence electrons. The molecule has 1 aromatic heterocycles. The van der Waals surface area contributed by atoms with Gasteiger partial charge in [-0.3, -0.25) is 4.79 Å². The second-order valence-electron chi connectivity index (χ2n) is 4.89. The number of nitrogens with one attached hydrogen (secondary N) is 1. The lowest BCUT2D eigenvalue weighted by Crippen LogP contribution is -2.23. The summed E-state index contributed by atoms with van der Waals surface area (Å²) < 4.78 is 37.6. The highest BCUT2D eigenvalue weighted by atomic mass is 32.1. The normalized spacial score (nSPS) is 11.5. The Morgan fingerprint density at radius 1 is 1.26 bits per heavy atom. The van der Waals surface area contributed by atoms with Crippen molar-refractivity contribution < 1.29 is 18.0 Å². The molecule has 8 heteroatoms. The van der Waals surface area contributed by atoms with Crippen molar-refractivity contribution in [3.8, 4) is 10.6 Å². The van der Waals surface area contributed by atoms with Crippen molar-refractivity contribution in [3.63, 3.8) is 0 Å². The number of nitrogens with zero attached hydrogens (tertiary/aromatic N) is 1. The minimum Gasteiger partial charge on any atom is -0.350 e. The molecular formula is C15H16F3N3OS. The zero-order valence-corrected chi connectivity index (χ0v) is 13.0. The highest BCUT2D eigenvalue weighted by Gasteiger charge is 2.30. The molecule has 0 fully saturated rings. The third kappa shape index (κ3) is 5.04. The molecule has 1 amide bonds. The topological polar surface area (TPSA) is 68.0 Å². The molecule has 0 saturated heterocycles. The van der Waals surface area contributed by atoms with Crippen LogP contribution in [0.15, 0.2) is 29.6 Å². The van der Waals surface area contributed by atoms with Gasteiger partial charge in [0.2, 0.25) is 5.91 Å². The van der Waals surface area contributed by atoms with Crippen molar-refractivity contribution in [2.24, 2.45) is 5.73 Å². The van der Waals surface area contributed by atoms with Crippen molar-refractivity contribution in [2.45, 2.75) is 25.6 Å². The van der Waals surface area contributed by atoms with Crippen molar-refractivity contribution in [1.82, 2.24) is 10.3 Å². The quantitative estimate of drug-likeness (QED) is 0.846. The van der Waals surface area contributed by atoms with Gasteiger partial charge in [-0.05, 0) is 25.1 Å². The maximum atomic E-state index is 12.5. The van der Waals surface area contributed by atoms with Crippen LogP contribution in [0.2, 0.25) is 0 Å². The van der Waals surface area contributed by atoms with Crippen LogP contribution in [0.1, 0.15) is 24.1 Å². The van der Waals surface area contributed by atoms with Crippen molar-refractivity contribution in [3.05, 3.63) is 40.9 Å². The Kier molecular flexibility index (Phi) is 5.73. The Labute approximate surface area is 135 Å². The minimum absolute atomic E-state index is 0.0977. The van der Waals surface area contributed by atoms with E-state index in [4.69, 9.17) is 5.73 Å². The summed E-state index contributed by atoms with van der Waals surface area (Å²) in [6.45, 7) is 0.753. The summed E-state index contributed by atoms with van der Waals surface area (Å²) in [5.74, 6) is -0.0977. The van der Waals surface area contributed by atoms with E-state index < -0.39 is 11.7 Å². The maximum Gasteiger partial charge on any atom is 0.416 e. The van der Waals surface area contributed by atoms with E-state index in [1.54, 1.807) is 5.38 Å². The van der Waals surface area contributed by atoms with Crippen LogP contribution in [0, 0.1) is 0 Å². The summed E-state index contributed by atoms with van der Waals surface area (Å²) in [6, 6.07) is 4.85. The van der Waals surface area contributed by atoms with Crippen LogP contribution < -0.4 is 11.1 Å². The number of alkyl halides is 3. The minimum atomic E-state index is -4.35. The van der Waals surface area contributed by atoms with E-state index in [1.807, 2.05) is 0 Å². The summed E-state index contributed by atoms with van der Waals surface area (Å²) in [7, 11) is 0. The van der Waals surface area contributed by atoms with E-state index in [0.29, 0.717) is 42.2 Å². The van der Waals surface area contributed by atoms with E-state index in [-0.39, 0.29) is 5.91 Å². The number of carbonyl (C=O) groups is 1. The first kappa shape index (κ1) is 17.4. The van der Waals surface area contributed by atoms with Gasteiger partial charge in [0.1, 0.15) is 5.01 Å². The Morgan fingerprint density at radius 2 is 1.96 bits per heavy atom. The zero-order valence-electron chi connectivity index (χ0n) is 12.2. The molecule has 0 aliphatic rings. The number of amides is 1. The van der Waals surface area contributed by atoms with E-state index in [9.17, 15) is 18.0 Å². The average Bonchev–Trinajstić information content (AvgIpc) is 2.99. The van der Waals surface area contributed by atoms with E-state index in [0.717, 1.165) is 12.1 Å². The molecule has 0 aliphatic carbocycles. The monoisotopic (exact) mass is 343 g/mol. The Balaban J connectivity index is 1.98. The van der Waals surface area contributed by atoms with Crippen molar-refractivity contribution >= 4 is 17.2 Å². The summed E-state index contributed by atoms with van der Waals surface area (Å²) in [5, 5.41) is 5.12. The predicted molar refractivity (Wildman–Crippen MR) is 82.7 cm³/mol. The van der Waals surface area contributed by atoms with Gasteiger partial charge >= 0.3 is 6.18 Å². The number of hydrogen-bond donors (Lipinski definition) is 2. The van der Waals surface area contributed by atoms with Crippen LogP contribution in [-0.4, -0.2) is 17.4 Å². The van der Waals surface area contributed by atoms with Crippen LogP contribution in [0.25, 0.3) is 10.6 Å². The molecular weight excluding hydrogens is 327 g/mol. The fourth-order valence-corrected chi connectivity index (χ4v) is 2.69. The second kappa shape index (κ2) is 7.56. The number of benzene rings is 1. The zero-order chi connectivity index (χ0) is 16.9. The highest BCUT2D eigenvalue weighted by Crippen LogP contribution is 2.31. The number of nitrogens with two attached hydrogens (primary N) is 1. The van der Waals surface area contributed by atoms with Gasteiger partial charge < -0.3 is 11.1 Å². The first-order chi connectivity index (χ1) is 10.9. The lowest BCUT2D eigenvalue weighted by Gasteiger charge is -2.06. The molecule has 2 rings (SSSR count). The molecule has 0 unspecified atom stereocenters. The van der Waals surface area contributed by atoms with Crippen LogP contribution in [0.5, 0.6) is 0 Å². The molecule has 2 aromatic rings. The van der Waals surface area contributed by atoms with E-state index in [2.05, 4.69) is 10.3 Å². The molecule has 4 nitrogen and oxygen atoms in total. The third-order valence-electron chi connectivity index (χ3n) is 3.09. The molecule has 0 radical (unpaired) electrons. The van der Waals surface area contributed by atoms with Crippen molar-refractivity contribution in [1.29, 1.82) is 0 Å². The van der Waals surface area contributed by atoms with Crippen LogP contribution in [0.3, 0.4) is 0 Å². The number of aromatic nitrogens is 1.